The van der Waals surface area contributed by atoms with Crippen molar-refractivity contribution in [1.29, 1.82) is 0 Å². The van der Waals surface area contributed by atoms with Gasteiger partial charge in [0, 0.05) is 24.5 Å². The largest absolute Gasteiger partial charge is 0.337 e. The normalized spacial score (nSPS) is 25.9. The van der Waals surface area contributed by atoms with Gasteiger partial charge in [-0.15, -0.1) is 0 Å². The lowest BCUT2D eigenvalue weighted by Gasteiger charge is -2.28. The van der Waals surface area contributed by atoms with Crippen molar-refractivity contribution in [1.82, 2.24) is 10.2 Å². The summed E-state index contributed by atoms with van der Waals surface area (Å²) in [5.74, 6) is 0.354. The van der Waals surface area contributed by atoms with E-state index in [0.717, 1.165) is 6.54 Å². The Morgan fingerprint density at radius 3 is 2.60 bits per heavy atom. The first-order chi connectivity index (χ1) is 7.18. The molecule has 0 spiro atoms. The van der Waals surface area contributed by atoms with Crippen LogP contribution in [-0.2, 0) is 4.79 Å². The Morgan fingerprint density at radius 1 is 1.40 bits per heavy atom. The van der Waals surface area contributed by atoms with Gasteiger partial charge in [-0.25, -0.2) is 0 Å². The maximum Gasteiger partial charge on any atom is 0.224 e. The Kier molecular flexibility index (Phi) is 3.29. The standard InChI is InChI=1S/C12H22N2O/c1-9(2)14(11-5-6-11)12(15)8-10-4-3-7-13-10/h9-11,13H,3-8H2,1-2H3. The smallest absolute Gasteiger partial charge is 0.224 e. The van der Waals surface area contributed by atoms with Gasteiger partial charge in [0.2, 0.25) is 5.91 Å². The number of carbonyl (C=O) groups is 1. The van der Waals surface area contributed by atoms with Crippen molar-refractivity contribution in [3.05, 3.63) is 0 Å². The SMILES string of the molecule is CC(C)N(C(=O)CC1CCCN1)C1CC1. The summed E-state index contributed by atoms with van der Waals surface area (Å²) in [6, 6.07) is 1.36. The van der Waals surface area contributed by atoms with Gasteiger partial charge in [-0.1, -0.05) is 0 Å². The van der Waals surface area contributed by atoms with Crippen molar-refractivity contribution in [3.8, 4) is 0 Å². The fraction of sp³-hybridized carbons (Fsp3) is 0.917. The first-order valence-corrected chi connectivity index (χ1v) is 6.23. The zero-order valence-electron chi connectivity index (χ0n) is 9.83. The van der Waals surface area contributed by atoms with Crippen LogP contribution < -0.4 is 5.32 Å². The molecule has 1 saturated heterocycles. The lowest BCUT2D eigenvalue weighted by atomic mass is 10.1. The summed E-state index contributed by atoms with van der Waals surface area (Å²) in [5.41, 5.74) is 0. The molecule has 0 bridgehead atoms. The molecule has 1 aliphatic carbocycles. The fourth-order valence-corrected chi connectivity index (χ4v) is 2.51. The molecule has 1 aliphatic heterocycles. The summed E-state index contributed by atoms with van der Waals surface area (Å²) >= 11 is 0. The Hall–Kier alpha value is -0.570. The number of hydrogen-bond donors (Lipinski definition) is 1. The Labute approximate surface area is 92.2 Å². The van der Waals surface area contributed by atoms with E-state index in [0.29, 0.717) is 30.5 Å². The maximum absolute atomic E-state index is 12.1. The van der Waals surface area contributed by atoms with Crippen LogP contribution in [0.5, 0.6) is 0 Å². The molecule has 0 aromatic carbocycles. The lowest BCUT2D eigenvalue weighted by molar-refractivity contribution is -0.134. The van der Waals surface area contributed by atoms with Gasteiger partial charge < -0.3 is 10.2 Å². The van der Waals surface area contributed by atoms with Crippen molar-refractivity contribution >= 4 is 5.91 Å². The molecule has 3 heteroatoms. The van der Waals surface area contributed by atoms with Crippen LogP contribution in [0.1, 0.15) is 46.0 Å². The first kappa shape index (κ1) is 10.9. The molecule has 1 saturated carbocycles. The van der Waals surface area contributed by atoms with Crippen LogP contribution in [0.2, 0.25) is 0 Å². The summed E-state index contributed by atoms with van der Waals surface area (Å²) in [6.45, 7) is 5.33. The fourth-order valence-electron chi connectivity index (χ4n) is 2.51. The van der Waals surface area contributed by atoms with Crippen molar-refractivity contribution in [2.75, 3.05) is 6.54 Å². The van der Waals surface area contributed by atoms with Gasteiger partial charge in [0.15, 0.2) is 0 Å². The molecule has 0 radical (unpaired) electrons. The molecule has 0 aromatic heterocycles. The number of carbonyl (C=O) groups excluding carboxylic acids is 1. The quantitative estimate of drug-likeness (QED) is 0.763. The minimum Gasteiger partial charge on any atom is -0.337 e. The maximum atomic E-state index is 12.1. The van der Waals surface area contributed by atoms with Gasteiger partial charge in [-0.05, 0) is 46.1 Å². The van der Waals surface area contributed by atoms with Crippen molar-refractivity contribution in [2.24, 2.45) is 0 Å². The second-order valence-electron chi connectivity index (χ2n) is 5.12. The minimum absolute atomic E-state index is 0.354. The molecule has 1 unspecified atom stereocenters. The van der Waals surface area contributed by atoms with Crippen molar-refractivity contribution in [3.63, 3.8) is 0 Å². The van der Waals surface area contributed by atoms with E-state index < -0.39 is 0 Å². The van der Waals surface area contributed by atoms with E-state index in [1.165, 1.54) is 25.7 Å². The molecule has 15 heavy (non-hydrogen) atoms. The molecule has 2 aliphatic rings. The van der Waals surface area contributed by atoms with E-state index in [9.17, 15) is 4.79 Å². The average Bonchev–Trinajstić information content (AvgIpc) is 2.83. The van der Waals surface area contributed by atoms with E-state index >= 15 is 0 Å². The molecule has 0 aromatic rings. The van der Waals surface area contributed by atoms with Crippen LogP contribution in [0.25, 0.3) is 0 Å². The Balaban J connectivity index is 1.86. The summed E-state index contributed by atoms with van der Waals surface area (Å²) < 4.78 is 0. The van der Waals surface area contributed by atoms with E-state index in [2.05, 4.69) is 24.1 Å². The molecule has 1 atom stereocenters. The highest BCUT2D eigenvalue weighted by Crippen LogP contribution is 2.29. The van der Waals surface area contributed by atoms with Gasteiger partial charge in [0.1, 0.15) is 0 Å². The van der Waals surface area contributed by atoms with E-state index in [1.807, 2.05) is 0 Å². The molecule has 2 fully saturated rings. The molecule has 1 amide bonds. The highest BCUT2D eigenvalue weighted by Gasteiger charge is 2.35. The molecular formula is C12H22N2O. The van der Waals surface area contributed by atoms with Gasteiger partial charge in [0.25, 0.3) is 0 Å². The topological polar surface area (TPSA) is 32.3 Å². The Morgan fingerprint density at radius 2 is 2.13 bits per heavy atom. The predicted molar refractivity (Wildman–Crippen MR) is 60.6 cm³/mol. The van der Waals surface area contributed by atoms with Crippen molar-refractivity contribution in [2.45, 2.75) is 64.1 Å². The first-order valence-electron chi connectivity index (χ1n) is 6.23. The zero-order chi connectivity index (χ0) is 10.8. The third kappa shape index (κ3) is 2.71. The van der Waals surface area contributed by atoms with Crippen LogP contribution in [0.4, 0.5) is 0 Å². The summed E-state index contributed by atoms with van der Waals surface area (Å²) in [4.78, 5) is 14.2. The minimum atomic E-state index is 0.354. The van der Waals surface area contributed by atoms with Gasteiger partial charge in [-0.2, -0.15) is 0 Å². The summed E-state index contributed by atoms with van der Waals surface area (Å²) in [6.07, 6.45) is 5.52. The monoisotopic (exact) mass is 210 g/mol. The van der Waals surface area contributed by atoms with E-state index in [1.54, 1.807) is 0 Å². The highest BCUT2D eigenvalue weighted by atomic mass is 16.2. The molecule has 1 heterocycles. The second-order valence-corrected chi connectivity index (χ2v) is 5.12. The average molecular weight is 210 g/mol. The number of rotatable bonds is 4. The third-order valence-corrected chi connectivity index (χ3v) is 3.37. The summed E-state index contributed by atoms with van der Waals surface area (Å²) in [7, 11) is 0. The summed E-state index contributed by atoms with van der Waals surface area (Å²) in [5, 5.41) is 3.39. The molecular weight excluding hydrogens is 188 g/mol. The number of hydrogen-bond acceptors (Lipinski definition) is 2. The predicted octanol–water partition coefficient (Wildman–Crippen LogP) is 1.53. The number of amides is 1. The van der Waals surface area contributed by atoms with Crippen LogP contribution in [-0.4, -0.2) is 35.5 Å². The third-order valence-electron chi connectivity index (χ3n) is 3.37. The van der Waals surface area contributed by atoms with Crippen LogP contribution in [0, 0.1) is 0 Å². The van der Waals surface area contributed by atoms with Crippen LogP contribution in [0.3, 0.4) is 0 Å². The number of nitrogens with one attached hydrogen (secondary N) is 1. The van der Waals surface area contributed by atoms with E-state index in [-0.39, 0.29) is 0 Å². The molecule has 86 valence electrons. The van der Waals surface area contributed by atoms with Crippen LogP contribution in [0.15, 0.2) is 0 Å². The van der Waals surface area contributed by atoms with Gasteiger partial charge in [-0.3, -0.25) is 4.79 Å². The molecule has 3 nitrogen and oxygen atoms in total. The Bertz CT molecular complexity index is 228. The van der Waals surface area contributed by atoms with Crippen molar-refractivity contribution < 1.29 is 4.79 Å². The van der Waals surface area contributed by atoms with E-state index in [4.69, 9.17) is 0 Å². The lowest BCUT2D eigenvalue weighted by Crippen LogP contribution is -2.41. The highest BCUT2D eigenvalue weighted by molar-refractivity contribution is 5.77. The van der Waals surface area contributed by atoms with Gasteiger partial charge >= 0.3 is 0 Å². The second kappa shape index (κ2) is 4.52. The van der Waals surface area contributed by atoms with Crippen LogP contribution >= 0.6 is 0 Å². The zero-order valence-corrected chi connectivity index (χ0v) is 9.83. The number of nitrogens with zero attached hydrogens (tertiary/aromatic N) is 1. The molecule has 1 N–H and O–H groups in total. The molecule has 2 rings (SSSR count). The van der Waals surface area contributed by atoms with Gasteiger partial charge in [0.05, 0.1) is 0 Å².